The van der Waals surface area contributed by atoms with Crippen molar-refractivity contribution in [1.29, 1.82) is 0 Å². The summed E-state index contributed by atoms with van der Waals surface area (Å²) in [5.74, 6) is 1.84. The maximum absolute atomic E-state index is 13.4. The normalized spacial score (nSPS) is 21.6. The number of likely N-dealkylation sites (tertiary alicyclic amines) is 1. The van der Waals surface area contributed by atoms with Gasteiger partial charge >= 0.3 is 0 Å². The Kier molecular flexibility index (Phi) is 15.6. The SMILES string of the molecule is CC(C)[C@H](CN1CCC(C2=CC=C(F)CC2)C(C)(C)C1)NC(=O)CCCSN.O.O.O. The van der Waals surface area contributed by atoms with Crippen molar-refractivity contribution in [3.63, 3.8) is 0 Å². The number of allylic oxidation sites excluding steroid dienone is 4. The second kappa shape index (κ2) is 15.0. The minimum absolute atomic E-state index is 0. The van der Waals surface area contributed by atoms with Gasteiger partial charge in [-0.25, -0.2) is 4.39 Å². The summed E-state index contributed by atoms with van der Waals surface area (Å²) in [7, 11) is 0. The standard InChI is InChI=1S/C22H38FN3OS.3H2O/c1-16(2)20(25-21(27)6-5-13-28-24)14-26-12-11-19(22(3,4)15-26)17-7-9-18(23)10-8-17;;;/h7,9,16,19-20H,5-6,8,10-15,24H2,1-4H3,(H,25,27);3*1H2/t19?,20-;;;/m0.../s1. The van der Waals surface area contributed by atoms with Gasteiger partial charge in [0.05, 0.1) is 0 Å². The van der Waals surface area contributed by atoms with Crippen molar-refractivity contribution >= 4 is 17.9 Å². The molecule has 1 saturated heterocycles. The first kappa shape index (κ1) is 32.2. The Hall–Kier alpha value is -0.970. The molecule has 0 saturated carbocycles. The zero-order chi connectivity index (χ0) is 20.7. The molecule has 1 heterocycles. The Bertz CT molecular complexity index is 599. The Morgan fingerprint density at radius 3 is 2.48 bits per heavy atom. The van der Waals surface area contributed by atoms with E-state index in [1.165, 1.54) is 17.5 Å². The number of carbonyl (C=O) groups excluding carboxylic acids is 1. The van der Waals surface area contributed by atoms with Crippen LogP contribution < -0.4 is 10.5 Å². The summed E-state index contributed by atoms with van der Waals surface area (Å²) >= 11 is 1.29. The highest BCUT2D eigenvalue weighted by molar-refractivity contribution is 7.97. The van der Waals surface area contributed by atoms with E-state index in [0.717, 1.165) is 44.6 Å². The molecule has 0 spiro atoms. The second-order valence-corrected chi connectivity index (χ2v) is 10.1. The van der Waals surface area contributed by atoms with Crippen molar-refractivity contribution in [2.24, 2.45) is 22.4 Å². The predicted molar refractivity (Wildman–Crippen MR) is 128 cm³/mol. The highest BCUT2D eigenvalue weighted by Gasteiger charge is 2.38. The largest absolute Gasteiger partial charge is 0.412 e. The summed E-state index contributed by atoms with van der Waals surface area (Å²) in [5, 5.41) is 8.68. The van der Waals surface area contributed by atoms with Crippen LogP contribution in [-0.2, 0) is 4.79 Å². The van der Waals surface area contributed by atoms with Crippen LogP contribution in [0.2, 0.25) is 0 Å². The molecule has 1 aliphatic heterocycles. The second-order valence-electron chi connectivity index (χ2n) is 9.31. The highest BCUT2D eigenvalue weighted by Crippen LogP contribution is 2.42. The van der Waals surface area contributed by atoms with Gasteiger partial charge in [0.1, 0.15) is 5.83 Å². The number of piperidine rings is 1. The molecule has 0 aromatic heterocycles. The van der Waals surface area contributed by atoms with Crippen LogP contribution in [0.25, 0.3) is 0 Å². The molecule has 1 aliphatic carbocycles. The maximum atomic E-state index is 13.4. The van der Waals surface area contributed by atoms with Crippen LogP contribution in [0, 0.1) is 17.3 Å². The van der Waals surface area contributed by atoms with Crippen molar-refractivity contribution in [1.82, 2.24) is 10.2 Å². The number of hydrogen-bond donors (Lipinski definition) is 2. The molecule has 0 bridgehead atoms. The van der Waals surface area contributed by atoms with Crippen LogP contribution in [0.3, 0.4) is 0 Å². The number of carbonyl (C=O) groups is 1. The number of nitrogens with zero attached hydrogens (tertiary/aromatic N) is 1. The summed E-state index contributed by atoms with van der Waals surface area (Å²) in [4.78, 5) is 14.8. The van der Waals surface area contributed by atoms with Gasteiger partial charge in [-0.05, 0) is 49.1 Å². The number of hydrogen-bond acceptors (Lipinski definition) is 4. The van der Waals surface area contributed by atoms with E-state index in [1.807, 2.05) is 6.08 Å². The quantitative estimate of drug-likeness (QED) is 0.395. The monoisotopic (exact) mass is 465 g/mol. The fourth-order valence-electron chi connectivity index (χ4n) is 4.53. The van der Waals surface area contributed by atoms with E-state index in [2.05, 4.69) is 37.9 Å². The maximum Gasteiger partial charge on any atom is 0.220 e. The molecule has 0 aromatic rings. The summed E-state index contributed by atoms with van der Waals surface area (Å²) in [6, 6.07) is 0.163. The third-order valence-electron chi connectivity index (χ3n) is 6.16. The molecule has 2 atom stereocenters. The van der Waals surface area contributed by atoms with E-state index in [1.54, 1.807) is 6.08 Å². The molecule has 184 valence electrons. The average molecular weight is 466 g/mol. The molecule has 9 N–H and O–H groups in total. The molecule has 0 aromatic carbocycles. The van der Waals surface area contributed by atoms with Gasteiger partial charge in [-0.1, -0.05) is 51.3 Å². The van der Waals surface area contributed by atoms with Gasteiger partial charge in [-0.15, -0.1) is 0 Å². The van der Waals surface area contributed by atoms with E-state index < -0.39 is 0 Å². The Labute approximate surface area is 191 Å². The van der Waals surface area contributed by atoms with Crippen molar-refractivity contribution in [3.05, 3.63) is 23.6 Å². The molecular weight excluding hydrogens is 421 g/mol. The fraction of sp³-hybridized carbons (Fsp3) is 0.773. The van der Waals surface area contributed by atoms with Gasteiger partial charge in [0.2, 0.25) is 5.91 Å². The van der Waals surface area contributed by atoms with Gasteiger partial charge in [0.15, 0.2) is 0 Å². The molecule has 2 aliphatic rings. The van der Waals surface area contributed by atoms with Crippen LogP contribution >= 0.6 is 11.9 Å². The number of amides is 1. The van der Waals surface area contributed by atoms with Gasteiger partial charge in [-0.3, -0.25) is 9.93 Å². The minimum atomic E-state index is -0.000403. The molecule has 31 heavy (non-hydrogen) atoms. The lowest BCUT2D eigenvalue weighted by Gasteiger charge is -2.47. The number of nitrogens with two attached hydrogens (primary N) is 1. The lowest BCUT2D eigenvalue weighted by molar-refractivity contribution is -0.122. The molecule has 2 rings (SSSR count). The highest BCUT2D eigenvalue weighted by atomic mass is 32.2. The fourth-order valence-corrected chi connectivity index (χ4v) is 4.84. The number of nitrogens with one attached hydrogen (secondary N) is 1. The number of halogens is 1. The van der Waals surface area contributed by atoms with Crippen molar-refractivity contribution in [2.45, 2.75) is 65.8 Å². The van der Waals surface area contributed by atoms with Crippen LogP contribution in [-0.4, -0.2) is 58.7 Å². The summed E-state index contributed by atoms with van der Waals surface area (Å²) in [6.45, 7) is 11.9. The smallest absolute Gasteiger partial charge is 0.220 e. The lowest BCUT2D eigenvalue weighted by atomic mass is 9.68. The zero-order valence-corrected chi connectivity index (χ0v) is 20.3. The van der Waals surface area contributed by atoms with Gasteiger partial charge in [-0.2, -0.15) is 0 Å². The van der Waals surface area contributed by atoms with E-state index in [4.69, 9.17) is 5.14 Å². The lowest BCUT2D eigenvalue weighted by Crippen LogP contribution is -2.52. The average Bonchev–Trinajstić information content (AvgIpc) is 2.62. The summed E-state index contributed by atoms with van der Waals surface area (Å²) in [6.07, 6.45) is 7.52. The third-order valence-corrected chi connectivity index (χ3v) is 6.68. The minimum Gasteiger partial charge on any atom is -0.412 e. The third kappa shape index (κ3) is 10.0. The Balaban J connectivity index is 0. The molecule has 1 unspecified atom stereocenters. The van der Waals surface area contributed by atoms with Crippen LogP contribution in [0.1, 0.15) is 59.8 Å². The van der Waals surface area contributed by atoms with Crippen LogP contribution in [0.5, 0.6) is 0 Å². The molecule has 1 amide bonds. The molecule has 1 fully saturated rings. The van der Waals surface area contributed by atoms with Crippen molar-refractivity contribution < 1.29 is 25.6 Å². The van der Waals surface area contributed by atoms with Crippen LogP contribution in [0.15, 0.2) is 23.6 Å². The van der Waals surface area contributed by atoms with E-state index in [9.17, 15) is 9.18 Å². The Morgan fingerprint density at radius 1 is 1.29 bits per heavy atom. The van der Waals surface area contributed by atoms with Crippen molar-refractivity contribution in [3.8, 4) is 0 Å². The molecular formula is C22H44FN3O4S. The van der Waals surface area contributed by atoms with Crippen molar-refractivity contribution in [2.75, 3.05) is 25.4 Å². The zero-order valence-electron chi connectivity index (χ0n) is 19.5. The first-order chi connectivity index (χ1) is 13.2. The topological polar surface area (TPSA) is 153 Å². The van der Waals surface area contributed by atoms with E-state index in [-0.39, 0.29) is 39.6 Å². The number of rotatable bonds is 9. The Morgan fingerprint density at radius 2 is 1.97 bits per heavy atom. The van der Waals surface area contributed by atoms with E-state index >= 15 is 0 Å². The van der Waals surface area contributed by atoms with Gasteiger partial charge < -0.3 is 26.6 Å². The van der Waals surface area contributed by atoms with Gasteiger partial charge in [0, 0.05) is 37.7 Å². The van der Waals surface area contributed by atoms with Gasteiger partial charge in [0.25, 0.3) is 0 Å². The molecule has 7 nitrogen and oxygen atoms in total. The summed E-state index contributed by atoms with van der Waals surface area (Å²) in [5.41, 5.74) is 1.55. The van der Waals surface area contributed by atoms with E-state index in [0.29, 0.717) is 24.7 Å². The summed E-state index contributed by atoms with van der Waals surface area (Å²) < 4.78 is 13.4. The molecule has 0 radical (unpaired) electrons. The first-order valence-electron chi connectivity index (χ1n) is 10.6. The molecule has 9 heteroatoms. The van der Waals surface area contributed by atoms with Crippen LogP contribution in [0.4, 0.5) is 4.39 Å². The predicted octanol–water partition coefficient (Wildman–Crippen LogP) is 1.96. The first-order valence-corrected chi connectivity index (χ1v) is 11.7.